The second kappa shape index (κ2) is 9.21. The normalized spacial score (nSPS) is 10.7. The van der Waals surface area contributed by atoms with Gasteiger partial charge in [-0.3, -0.25) is 0 Å². The molecule has 0 radical (unpaired) electrons. The lowest BCUT2D eigenvalue weighted by atomic mass is 10.1. The van der Waals surface area contributed by atoms with Crippen molar-refractivity contribution >= 4 is 17.3 Å². The summed E-state index contributed by atoms with van der Waals surface area (Å²) >= 11 is 0. The highest BCUT2D eigenvalue weighted by molar-refractivity contribution is 5.89. The van der Waals surface area contributed by atoms with Gasteiger partial charge in [-0.05, 0) is 48.0 Å². The predicted octanol–water partition coefficient (Wildman–Crippen LogP) is 5.47. The lowest BCUT2D eigenvalue weighted by Crippen LogP contribution is -2.17. The number of halogens is 3. The van der Waals surface area contributed by atoms with Crippen molar-refractivity contribution in [3.63, 3.8) is 0 Å². The van der Waals surface area contributed by atoms with Crippen LogP contribution in [-0.2, 0) is 6.54 Å². The Bertz CT molecular complexity index is 1040. The molecular weight excluding hydrogens is 399 g/mol. The van der Waals surface area contributed by atoms with E-state index in [0.29, 0.717) is 16.9 Å². The fourth-order valence-electron chi connectivity index (χ4n) is 2.97. The monoisotopic (exact) mass is 417 g/mol. The second-order valence-corrected chi connectivity index (χ2v) is 6.29. The zero-order valence-corrected chi connectivity index (χ0v) is 15.9. The van der Waals surface area contributed by atoms with E-state index in [9.17, 15) is 23.1 Å². The molecule has 5 nitrogen and oxygen atoms in total. The lowest BCUT2D eigenvalue weighted by molar-refractivity contribution is -0.0512. The standard InChI is InChI=1S/C22H18F3NO4/c1-29-20-12-18(8-9-19(20)30-22(24)25)26(13-14-4-2-6-16(23)10-14)17-7-3-5-15(11-17)21(27)28/h2-12,22H,13H2,1H3,(H,27,28). The maximum Gasteiger partial charge on any atom is 0.387 e. The van der Waals surface area contributed by atoms with E-state index >= 15 is 0 Å². The largest absolute Gasteiger partial charge is 0.493 e. The van der Waals surface area contributed by atoms with Gasteiger partial charge in [-0.15, -0.1) is 0 Å². The number of aromatic carboxylic acids is 1. The number of benzene rings is 3. The minimum Gasteiger partial charge on any atom is -0.493 e. The number of carboxylic acids is 1. The molecule has 0 unspecified atom stereocenters. The molecule has 0 aliphatic heterocycles. The zero-order valence-electron chi connectivity index (χ0n) is 15.9. The summed E-state index contributed by atoms with van der Waals surface area (Å²) in [7, 11) is 1.32. The molecule has 0 amide bonds. The Kier molecular flexibility index (Phi) is 6.46. The third-order valence-corrected chi connectivity index (χ3v) is 4.31. The lowest BCUT2D eigenvalue weighted by Gasteiger charge is -2.26. The van der Waals surface area contributed by atoms with Crippen LogP contribution in [-0.4, -0.2) is 24.8 Å². The molecule has 3 rings (SSSR count). The summed E-state index contributed by atoms with van der Waals surface area (Å²) in [5.74, 6) is -1.57. The van der Waals surface area contributed by atoms with Crippen molar-refractivity contribution in [1.82, 2.24) is 0 Å². The SMILES string of the molecule is COc1cc(N(Cc2cccc(F)c2)c2cccc(C(=O)O)c2)ccc1OC(F)F. The van der Waals surface area contributed by atoms with E-state index < -0.39 is 18.4 Å². The number of hydrogen-bond donors (Lipinski definition) is 1. The van der Waals surface area contributed by atoms with Gasteiger partial charge in [0.05, 0.1) is 12.7 Å². The summed E-state index contributed by atoms with van der Waals surface area (Å²) in [6.45, 7) is -2.82. The number of carbonyl (C=O) groups is 1. The highest BCUT2D eigenvalue weighted by Crippen LogP contribution is 2.36. The van der Waals surface area contributed by atoms with E-state index in [1.165, 1.54) is 49.6 Å². The molecule has 0 saturated carbocycles. The summed E-state index contributed by atoms with van der Waals surface area (Å²) < 4.78 is 48.6. The van der Waals surface area contributed by atoms with Gasteiger partial charge in [0.1, 0.15) is 5.82 Å². The van der Waals surface area contributed by atoms with Crippen LogP contribution >= 0.6 is 0 Å². The average Bonchev–Trinajstić information content (AvgIpc) is 2.72. The minimum atomic E-state index is -3.01. The number of carboxylic acid groups (broad SMARTS) is 1. The van der Waals surface area contributed by atoms with Crippen molar-refractivity contribution < 1.29 is 32.5 Å². The number of ether oxygens (including phenoxy) is 2. The van der Waals surface area contributed by atoms with Gasteiger partial charge in [-0.25, -0.2) is 9.18 Å². The first-order valence-corrected chi connectivity index (χ1v) is 8.85. The van der Waals surface area contributed by atoms with Crippen LogP contribution in [0.2, 0.25) is 0 Å². The number of hydrogen-bond acceptors (Lipinski definition) is 4. The van der Waals surface area contributed by atoms with Gasteiger partial charge in [0, 0.05) is 24.0 Å². The summed E-state index contributed by atoms with van der Waals surface area (Å²) in [6, 6.07) is 16.5. The van der Waals surface area contributed by atoms with Crippen LogP contribution in [0.25, 0.3) is 0 Å². The van der Waals surface area contributed by atoms with E-state index in [0.717, 1.165) is 0 Å². The average molecular weight is 417 g/mol. The highest BCUT2D eigenvalue weighted by Gasteiger charge is 2.17. The van der Waals surface area contributed by atoms with Gasteiger partial charge in [0.25, 0.3) is 0 Å². The molecule has 0 aliphatic carbocycles. The van der Waals surface area contributed by atoms with E-state index in [1.807, 2.05) is 0 Å². The number of rotatable bonds is 8. The maximum absolute atomic E-state index is 13.7. The van der Waals surface area contributed by atoms with Crippen LogP contribution in [0.5, 0.6) is 11.5 Å². The summed E-state index contributed by atoms with van der Waals surface area (Å²) in [5, 5.41) is 9.31. The van der Waals surface area contributed by atoms with E-state index in [2.05, 4.69) is 4.74 Å². The van der Waals surface area contributed by atoms with E-state index in [-0.39, 0.29) is 23.6 Å². The first-order chi connectivity index (χ1) is 14.4. The Morgan fingerprint density at radius 1 is 1.00 bits per heavy atom. The molecule has 0 bridgehead atoms. The number of nitrogens with zero attached hydrogens (tertiary/aromatic N) is 1. The number of alkyl halides is 2. The molecule has 8 heteroatoms. The van der Waals surface area contributed by atoms with Crippen LogP contribution in [0.3, 0.4) is 0 Å². The third-order valence-electron chi connectivity index (χ3n) is 4.31. The summed E-state index contributed by atoms with van der Waals surface area (Å²) in [6.07, 6.45) is 0. The van der Waals surface area contributed by atoms with Crippen molar-refractivity contribution in [2.24, 2.45) is 0 Å². The highest BCUT2D eigenvalue weighted by atomic mass is 19.3. The van der Waals surface area contributed by atoms with Gasteiger partial charge >= 0.3 is 12.6 Å². The van der Waals surface area contributed by atoms with Crippen molar-refractivity contribution in [1.29, 1.82) is 0 Å². The molecule has 0 spiro atoms. The number of methoxy groups -OCH3 is 1. The van der Waals surface area contributed by atoms with E-state index in [4.69, 9.17) is 4.74 Å². The molecule has 0 heterocycles. The van der Waals surface area contributed by atoms with Crippen LogP contribution in [0.1, 0.15) is 15.9 Å². The first-order valence-electron chi connectivity index (χ1n) is 8.85. The predicted molar refractivity (Wildman–Crippen MR) is 105 cm³/mol. The maximum atomic E-state index is 13.7. The molecular formula is C22H18F3NO4. The molecule has 0 fully saturated rings. The van der Waals surface area contributed by atoms with Crippen molar-refractivity contribution in [3.05, 3.63) is 83.7 Å². The molecule has 0 atom stereocenters. The van der Waals surface area contributed by atoms with Crippen LogP contribution in [0, 0.1) is 5.82 Å². The van der Waals surface area contributed by atoms with Crippen LogP contribution in [0.15, 0.2) is 66.7 Å². The Morgan fingerprint density at radius 2 is 1.73 bits per heavy atom. The number of anilines is 2. The van der Waals surface area contributed by atoms with Crippen molar-refractivity contribution in [2.75, 3.05) is 12.0 Å². The Balaban J connectivity index is 2.07. The van der Waals surface area contributed by atoms with Crippen molar-refractivity contribution in [3.8, 4) is 11.5 Å². The third kappa shape index (κ3) is 5.02. The van der Waals surface area contributed by atoms with Gasteiger partial charge in [0.15, 0.2) is 11.5 Å². The van der Waals surface area contributed by atoms with Gasteiger partial charge < -0.3 is 19.5 Å². The molecule has 3 aromatic rings. The fourth-order valence-corrected chi connectivity index (χ4v) is 2.97. The quantitative estimate of drug-likeness (QED) is 0.527. The van der Waals surface area contributed by atoms with Gasteiger partial charge in [0.2, 0.25) is 0 Å². The Labute approximate surface area is 170 Å². The summed E-state index contributed by atoms with van der Waals surface area (Å²) in [4.78, 5) is 13.1. The molecule has 3 aromatic carbocycles. The Morgan fingerprint density at radius 3 is 2.40 bits per heavy atom. The van der Waals surface area contributed by atoms with Gasteiger partial charge in [-0.2, -0.15) is 8.78 Å². The van der Waals surface area contributed by atoms with Crippen LogP contribution < -0.4 is 14.4 Å². The molecule has 0 aliphatic rings. The molecule has 156 valence electrons. The van der Waals surface area contributed by atoms with Crippen molar-refractivity contribution in [2.45, 2.75) is 13.2 Å². The fraction of sp³-hybridized carbons (Fsp3) is 0.136. The molecule has 0 saturated heterocycles. The Hall–Kier alpha value is -3.68. The zero-order chi connectivity index (χ0) is 21.7. The first kappa shape index (κ1) is 21.0. The van der Waals surface area contributed by atoms with Crippen LogP contribution in [0.4, 0.5) is 24.5 Å². The molecule has 1 N–H and O–H groups in total. The smallest absolute Gasteiger partial charge is 0.387 e. The molecule has 30 heavy (non-hydrogen) atoms. The second-order valence-electron chi connectivity index (χ2n) is 6.29. The topological polar surface area (TPSA) is 59.0 Å². The van der Waals surface area contributed by atoms with Gasteiger partial charge in [-0.1, -0.05) is 18.2 Å². The summed E-state index contributed by atoms with van der Waals surface area (Å²) in [5.41, 5.74) is 1.73. The minimum absolute atomic E-state index is 0.0707. The molecule has 0 aromatic heterocycles. The van der Waals surface area contributed by atoms with E-state index in [1.54, 1.807) is 29.2 Å².